The van der Waals surface area contributed by atoms with Gasteiger partial charge in [-0.1, -0.05) is 13.8 Å². The Morgan fingerprint density at radius 2 is 1.48 bits per heavy atom. The summed E-state index contributed by atoms with van der Waals surface area (Å²) in [6.45, 7) is 3.89. The van der Waals surface area contributed by atoms with Gasteiger partial charge in [-0.05, 0) is 54.5 Å². The third-order valence-corrected chi connectivity index (χ3v) is 4.09. The third-order valence-electron chi connectivity index (χ3n) is 3.88. The molecule has 0 saturated carbocycles. The van der Waals surface area contributed by atoms with E-state index in [-0.39, 0.29) is 28.2 Å². The molecule has 2 rings (SSSR count). The van der Waals surface area contributed by atoms with Crippen LogP contribution in [0, 0.1) is 16.0 Å². The Balaban J connectivity index is 1.83. The maximum absolute atomic E-state index is 12.2. The van der Waals surface area contributed by atoms with Crippen molar-refractivity contribution in [3.63, 3.8) is 0 Å². The number of thiocarbonyl (C=S) groups is 1. The minimum absolute atomic E-state index is 0.108. The minimum Gasteiger partial charge on any atom is -0.326 e. The molecule has 0 unspecified atom stereocenters. The smallest absolute Gasteiger partial charge is 0.269 e. The van der Waals surface area contributed by atoms with Crippen LogP contribution in [-0.4, -0.2) is 27.8 Å². The molecule has 0 bridgehead atoms. The summed E-state index contributed by atoms with van der Waals surface area (Å²) >= 11 is 4.95. The largest absolute Gasteiger partial charge is 0.326 e. The average Bonchev–Trinajstić information content (AvgIpc) is 2.72. The second-order valence-electron chi connectivity index (χ2n) is 6.89. The van der Waals surface area contributed by atoms with E-state index < -0.39 is 16.7 Å². The zero-order chi connectivity index (χ0) is 23.0. The van der Waals surface area contributed by atoms with Gasteiger partial charge >= 0.3 is 0 Å². The van der Waals surface area contributed by atoms with Gasteiger partial charge in [0.05, 0.1) is 4.92 Å². The molecule has 0 spiro atoms. The van der Waals surface area contributed by atoms with Gasteiger partial charge in [0.15, 0.2) is 5.11 Å². The van der Waals surface area contributed by atoms with E-state index >= 15 is 0 Å². The van der Waals surface area contributed by atoms with Gasteiger partial charge in [-0.25, -0.2) is 0 Å². The SMILES string of the molecule is CC(C)CC(=O)Nc1ccc(C(=O)NNC(=S)NC(=O)c2ccc([N+](=O)[O-])cc2)cc1. The van der Waals surface area contributed by atoms with Crippen LogP contribution >= 0.6 is 12.2 Å². The van der Waals surface area contributed by atoms with Crippen molar-refractivity contribution < 1.29 is 19.3 Å². The molecule has 0 radical (unpaired) electrons. The lowest BCUT2D eigenvalue weighted by molar-refractivity contribution is -0.384. The quantitative estimate of drug-likeness (QED) is 0.305. The molecule has 0 heterocycles. The Morgan fingerprint density at radius 1 is 0.935 bits per heavy atom. The van der Waals surface area contributed by atoms with Gasteiger partial charge in [0.25, 0.3) is 17.5 Å². The van der Waals surface area contributed by atoms with Gasteiger partial charge in [-0.15, -0.1) is 0 Å². The van der Waals surface area contributed by atoms with Crippen molar-refractivity contribution in [2.45, 2.75) is 20.3 Å². The van der Waals surface area contributed by atoms with Crippen LogP contribution in [0.25, 0.3) is 0 Å². The lowest BCUT2D eigenvalue weighted by Crippen LogP contribution is -2.48. The van der Waals surface area contributed by atoms with E-state index in [0.717, 1.165) is 0 Å². The number of amides is 3. The number of benzene rings is 2. The van der Waals surface area contributed by atoms with Crippen LogP contribution in [-0.2, 0) is 4.79 Å². The van der Waals surface area contributed by atoms with E-state index in [9.17, 15) is 24.5 Å². The molecule has 0 fully saturated rings. The van der Waals surface area contributed by atoms with Crippen molar-refractivity contribution in [1.29, 1.82) is 0 Å². The molecule has 11 heteroatoms. The molecule has 0 atom stereocenters. The number of hydrazine groups is 1. The highest BCUT2D eigenvalue weighted by Gasteiger charge is 2.12. The molecule has 0 aliphatic rings. The molecule has 10 nitrogen and oxygen atoms in total. The van der Waals surface area contributed by atoms with E-state index in [2.05, 4.69) is 21.5 Å². The van der Waals surface area contributed by atoms with Crippen molar-refractivity contribution >= 4 is 46.4 Å². The molecule has 0 aliphatic carbocycles. The normalized spacial score (nSPS) is 10.2. The number of anilines is 1. The first-order valence-electron chi connectivity index (χ1n) is 9.21. The van der Waals surface area contributed by atoms with Gasteiger partial charge < -0.3 is 5.32 Å². The van der Waals surface area contributed by atoms with Crippen molar-refractivity contribution in [3.8, 4) is 0 Å². The number of nitro benzene ring substituents is 1. The van der Waals surface area contributed by atoms with Crippen LogP contribution < -0.4 is 21.5 Å². The molecular weight excluding hydrogens is 422 g/mol. The Morgan fingerprint density at radius 3 is 2.03 bits per heavy atom. The highest BCUT2D eigenvalue weighted by molar-refractivity contribution is 7.80. The number of non-ortho nitro benzene ring substituents is 1. The Bertz CT molecular complexity index is 990. The van der Waals surface area contributed by atoms with E-state index in [4.69, 9.17) is 12.2 Å². The van der Waals surface area contributed by atoms with Crippen LogP contribution in [0.3, 0.4) is 0 Å². The summed E-state index contributed by atoms with van der Waals surface area (Å²) in [6.07, 6.45) is 0.398. The van der Waals surface area contributed by atoms with Crippen molar-refractivity contribution in [1.82, 2.24) is 16.2 Å². The van der Waals surface area contributed by atoms with E-state index in [1.54, 1.807) is 12.1 Å². The summed E-state index contributed by atoms with van der Waals surface area (Å²) < 4.78 is 0. The minimum atomic E-state index is -0.594. The number of hydrogen-bond donors (Lipinski definition) is 4. The molecular formula is C20H21N5O5S. The van der Waals surface area contributed by atoms with Crippen LogP contribution in [0.15, 0.2) is 48.5 Å². The van der Waals surface area contributed by atoms with E-state index in [1.165, 1.54) is 36.4 Å². The predicted octanol–water partition coefficient (Wildman–Crippen LogP) is 2.53. The fourth-order valence-electron chi connectivity index (χ4n) is 2.41. The summed E-state index contributed by atoms with van der Waals surface area (Å²) in [6, 6.07) is 11.2. The molecule has 0 aromatic heterocycles. The summed E-state index contributed by atoms with van der Waals surface area (Å²) in [5.74, 6) is -0.973. The maximum Gasteiger partial charge on any atom is 0.269 e. The molecule has 162 valence electrons. The lowest BCUT2D eigenvalue weighted by Gasteiger charge is -2.11. The summed E-state index contributed by atoms with van der Waals surface area (Å²) in [7, 11) is 0. The molecule has 4 N–H and O–H groups in total. The number of nitro groups is 1. The highest BCUT2D eigenvalue weighted by atomic mass is 32.1. The molecule has 2 aromatic rings. The van der Waals surface area contributed by atoms with Crippen molar-refractivity contribution in [3.05, 3.63) is 69.8 Å². The van der Waals surface area contributed by atoms with Gasteiger partial charge in [0.1, 0.15) is 0 Å². The third kappa shape index (κ3) is 7.48. The van der Waals surface area contributed by atoms with Crippen LogP contribution in [0.1, 0.15) is 41.0 Å². The fraction of sp³-hybridized carbons (Fsp3) is 0.200. The second-order valence-corrected chi connectivity index (χ2v) is 7.30. The average molecular weight is 443 g/mol. The molecule has 0 saturated heterocycles. The monoisotopic (exact) mass is 443 g/mol. The summed E-state index contributed by atoms with van der Waals surface area (Å²) in [5.41, 5.74) is 5.64. The van der Waals surface area contributed by atoms with Crippen LogP contribution in [0.2, 0.25) is 0 Å². The number of nitrogens with zero attached hydrogens (tertiary/aromatic N) is 1. The Kier molecular flexibility index (Phi) is 8.15. The first-order valence-corrected chi connectivity index (χ1v) is 9.62. The number of hydrogen-bond acceptors (Lipinski definition) is 6. The first-order chi connectivity index (χ1) is 14.7. The standard InChI is InChI=1S/C20H21N5O5S/c1-12(2)11-17(26)21-15-7-3-14(4-8-15)19(28)23-24-20(31)22-18(27)13-5-9-16(10-6-13)25(29)30/h3-10,12H,11H2,1-2H3,(H,21,26)(H,23,28)(H2,22,24,27,31). The summed E-state index contributed by atoms with van der Waals surface area (Å²) in [5, 5.41) is 15.6. The Hall–Kier alpha value is -3.86. The zero-order valence-corrected chi connectivity index (χ0v) is 17.6. The lowest BCUT2D eigenvalue weighted by atomic mass is 10.1. The maximum atomic E-state index is 12.2. The molecule has 3 amide bonds. The number of carbonyl (C=O) groups excluding carboxylic acids is 3. The van der Waals surface area contributed by atoms with Crippen LogP contribution in [0.4, 0.5) is 11.4 Å². The second kappa shape index (κ2) is 10.8. The Labute approximate surface area is 183 Å². The first kappa shape index (κ1) is 23.4. The van der Waals surface area contributed by atoms with Gasteiger partial charge in [-0.3, -0.25) is 40.7 Å². The van der Waals surface area contributed by atoms with Crippen molar-refractivity contribution in [2.75, 3.05) is 5.32 Å². The zero-order valence-electron chi connectivity index (χ0n) is 16.8. The summed E-state index contributed by atoms with van der Waals surface area (Å²) in [4.78, 5) is 46.1. The highest BCUT2D eigenvalue weighted by Crippen LogP contribution is 2.12. The van der Waals surface area contributed by atoms with Gasteiger partial charge in [0.2, 0.25) is 5.91 Å². The molecule has 31 heavy (non-hydrogen) atoms. The number of rotatable bonds is 6. The fourth-order valence-corrected chi connectivity index (χ4v) is 2.56. The van der Waals surface area contributed by atoms with Crippen LogP contribution in [0.5, 0.6) is 0 Å². The predicted molar refractivity (Wildman–Crippen MR) is 118 cm³/mol. The van der Waals surface area contributed by atoms with Gasteiger partial charge in [-0.2, -0.15) is 0 Å². The van der Waals surface area contributed by atoms with Gasteiger partial charge in [0, 0.05) is 35.4 Å². The number of carbonyl (C=O) groups is 3. The molecule has 2 aromatic carbocycles. The number of nitrogens with one attached hydrogen (secondary N) is 4. The van der Waals surface area contributed by atoms with Crippen molar-refractivity contribution in [2.24, 2.45) is 5.92 Å². The molecule has 0 aliphatic heterocycles. The van der Waals surface area contributed by atoms with E-state index in [1.807, 2.05) is 13.8 Å². The topological polar surface area (TPSA) is 142 Å². The van der Waals surface area contributed by atoms with E-state index in [0.29, 0.717) is 17.7 Å².